The summed E-state index contributed by atoms with van der Waals surface area (Å²) >= 11 is 3.44. The zero-order valence-electron chi connectivity index (χ0n) is 13.0. The van der Waals surface area contributed by atoms with Crippen LogP contribution in [0.25, 0.3) is 0 Å². The number of aryl methyl sites for hydroxylation is 2. The molecule has 0 aromatic heterocycles. The van der Waals surface area contributed by atoms with Gasteiger partial charge in [0.15, 0.2) is 0 Å². The Hall–Kier alpha value is -2.14. The van der Waals surface area contributed by atoms with Crippen molar-refractivity contribution in [2.24, 2.45) is 5.16 Å². The zero-order chi connectivity index (χ0) is 16.4. The molecule has 4 nitrogen and oxygen atoms in total. The molecule has 1 unspecified atom stereocenters. The van der Waals surface area contributed by atoms with E-state index in [4.69, 9.17) is 4.84 Å². The maximum absolute atomic E-state index is 12.4. The van der Waals surface area contributed by atoms with Crippen molar-refractivity contribution in [1.29, 1.82) is 0 Å². The summed E-state index contributed by atoms with van der Waals surface area (Å²) in [6.07, 6.45) is -0.128. The van der Waals surface area contributed by atoms with Gasteiger partial charge in [0.25, 0.3) is 5.91 Å². The van der Waals surface area contributed by atoms with Crippen LogP contribution in [0, 0.1) is 13.8 Å². The molecule has 2 aromatic rings. The molecule has 0 saturated carbocycles. The van der Waals surface area contributed by atoms with E-state index in [0.29, 0.717) is 6.42 Å². The molecule has 23 heavy (non-hydrogen) atoms. The summed E-state index contributed by atoms with van der Waals surface area (Å²) in [5, 5.41) is 7.00. The number of anilines is 1. The van der Waals surface area contributed by atoms with Gasteiger partial charge in [-0.25, -0.2) is 0 Å². The van der Waals surface area contributed by atoms with Gasteiger partial charge in [0.1, 0.15) is 0 Å². The molecule has 5 heteroatoms. The highest BCUT2D eigenvalue weighted by molar-refractivity contribution is 9.10. The van der Waals surface area contributed by atoms with Crippen molar-refractivity contribution in [3.8, 4) is 0 Å². The molecule has 1 amide bonds. The number of rotatable bonds is 3. The van der Waals surface area contributed by atoms with Crippen LogP contribution < -0.4 is 5.32 Å². The SMILES string of the molecule is Cc1ccc(C)c(NC(=O)C2CC(c3cccc(Br)c3)=NO2)c1. The van der Waals surface area contributed by atoms with Crippen molar-refractivity contribution in [2.45, 2.75) is 26.4 Å². The first-order valence-electron chi connectivity index (χ1n) is 7.39. The Balaban J connectivity index is 1.68. The largest absolute Gasteiger partial charge is 0.382 e. The lowest BCUT2D eigenvalue weighted by molar-refractivity contribution is -0.125. The Morgan fingerprint density at radius 1 is 1.26 bits per heavy atom. The Labute approximate surface area is 143 Å². The monoisotopic (exact) mass is 372 g/mol. The zero-order valence-corrected chi connectivity index (χ0v) is 14.6. The van der Waals surface area contributed by atoms with Crippen LogP contribution in [-0.2, 0) is 9.63 Å². The van der Waals surface area contributed by atoms with Crippen LogP contribution in [0.4, 0.5) is 5.69 Å². The van der Waals surface area contributed by atoms with E-state index < -0.39 is 6.10 Å². The van der Waals surface area contributed by atoms with Gasteiger partial charge in [-0.15, -0.1) is 0 Å². The van der Waals surface area contributed by atoms with E-state index in [1.807, 2.05) is 56.3 Å². The first-order valence-corrected chi connectivity index (χ1v) is 8.19. The maximum atomic E-state index is 12.4. The molecule has 1 atom stereocenters. The van der Waals surface area contributed by atoms with Gasteiger partial charge in [-0.05, 0) is 43.2 Å². The third-order valence-corrected chi connectivity index (χ3v) is 4.26. The van der Waals surface area contributed by atoms with Gasteiger partial charge in [-0.2, -0.15) is 0 Å². The lowest BCUT2D eigenvalue weighted by atomic mass is 10.0. The Bertz CT molecular complexity index is 786. The molecule has 3 rings (SSSR count). The molecule has 0 saturated heterocycles. The van der Waals surface area contributed by atoms with E-state index in [2.05, 4.69) is 26.4 Å². The van der Waals surface area contributed by atoms with E-state index in [9.17, 15) is 4.79 Å². The summed E-state index contributed by atoms with van der Waals surface area (Å²) in [7, 11) is 0. The molecule has 0 fully saturated rings. The smallest absolute Gasteiger partial charge is 0.268 e. The van der Waals surface area contributed by atoms with E-state index in [1.165, 1.54) is 0 Å². The van der Waals surface area contributed by atoms with Crippen molar-refractivity contribution in [3.05, 3.63) is 63.6 Å². The highest BCUT2D eigenvalue weighted by atomic mass is 79.9. The number of halogens is 1. The molecule has 1 aliphatic rings. The number of hydrogen-bond donors (Lipinski definition) is 1. The lowest BCUT2D eigenvalue weighted by Gasteiger charge is -2.12. The van der Waals surface area contributed by atoms with Gasteiger partial charge in [-0.3, -0.25) is 4.79 Å². The number of carbonyl (C=O) groups is 1. The second-order valence-corrected chi connectivity index (χ2v) is 6.57. The molecule has 0 spiro atoms. The first kappa shape index (κ1) is 15.7. The van der Waals surface area contributed by atoms with E-state index in [-0.39, 0.29) is 5.91 Å². The number of nitrogens with one attached hydrogen (secondary N) is 1. The number of carbonyl (C=O) groups excluding carboxylic acids is 1. The molecular formula is C18H17BrN2O2. The van der Waals surface area contributed by atoms with Gasteiger partial charge < -0.3 is 10.2 Å². The van der Waals surface area contributed by atoms with Crippen molar-refractivity contribution in [1.82, 2.24) is 0 Å². The second-order valence-electron chi connectivity index (χ2n) is 5.65. The van der Waals surface area contributed by atoms with Gasteiger partial charge in [0, 0.05) is 22.1 Å². The van der Waals surface area contributed by atoms with Crippen LogP contribution in [-0.4, -0.2) is 17.7 Å². The molecule has 1 heterocycles. The van der Waals surface area contributed by atoms with Crippen LogP contribution in [0.5, 0.6) is 0 Å². The van der Waals surface area contributed by atoms with Crippen LogP contribution in [0.15, 0.2) is 52.1 Å². The molecule has 1 aliphatic heterocycles. The minimum atomic E-state index is -0.594. The van der Waals surface area contributed by atoms with Crippen LogP contribution in [0.1, 0.15) is 23.1 Å². The van der Waals surface area contributed by atoms with Crippen molar-refractivity contribution in [3.63, 3.8) is 0 Å². The van der Waals surface area contributed by atoms with Crippen molar-refractivity contribution in [2.75, 3.05) is 5.32 Å². The third kappa shape index (κ3) is 3.62. The molecule has 2 aromatic carbocycles. The summed E-state index contributed by atoms with van der Waals surface area (Å²) in [6, 6.07) is 13.8. The Kier molecular flexibility index (Phi) is 4.48. The fourth-order valence-corrected chi connectivity index (χ4v) is 2.84. The summed E-state index contributed by atoms with van der Waals surface area (Å²) < 4.78 is 0.973. The van der Waals surface area contributed by atoms with Crippen LogP contribution >= 0.6 is 15.9 Å². The molecule has 0 bridgehead atoms. The van der Waals surface area contributed by atoms with Gasteiger partial charge in [-0.1, -0.05) is 45.4 Å². The predicted molar refractivity (Wildman–Crippen MR) is 94.7 cm³/mol. The number of oxime groups is 1. The number of nitrogens with zero attached hydrogens (tertiary/aromatic N) is 1. The molecule has 1 N–H and O–H groups in total. The van der Waals surface area contributed by atoms with Crippen molar-refractivity contribution < 1.29 is 9.63 Å². The number of hydrogen-bond acceptors (Lipinski definition) is 3. The summed E-state index contributed by atoms with van der Waals surface area (Å²) in [5.41, 5.74) is 4.68. The van der Waals surface area contributed by atoms with Crippen LogP contribution in [0.2, 0.25) is 0 Å². The van der Waals surface area contributed by atoms with Crippen LogP contribution in [0.3, 0.4) is 0 Å². The van der Waals surface area contributed by atoms with E-state index in [0.717, 1.165) is 32.6 Å². The summed E-state index contributed by atoms with van der Waals surface area (Å²) in [6.45, 7) is 3.96. The number of benzene rings is 2. The highest BCUT2D eigenvalue weighted by Crippen LogP contribution is 2.22. The molecule has 0 radical (unpaired) electrons. The summed E-state index contributed by atoms with van der Waals surface area (Å²) in [5.74, 6) is -0.174. The fourth-order valence-electron chi connectivity index (χ4n) is 2.44. The number of amides is 1. The highest BCUT2D eigenvalue weighted by Gasteiger charge is 2.29. The third-order valence-electron chi connectivity index (χ3n) is 3.77. The normalized spacial score (nSPS) is 16.7. The fraction of sp³-hybridized carbons (Fsp3) is 0.222. The first-order chi connectivity index (χ1) is 11.0. The van der Waals surface area contributed by atoms with Crippen molar-refractivity contribution >= 4 is 33.2 Å². The molecule has 118 valence electrons. The topological polar surface area (TPSA) is 50.7 Å². The van der Waals surface area contributed by atoms with Gasteiger partial charge in [0.05, 0.1) is 5.71 Å². The quantitative estimate of drug-likeness (QED) is 0.877. The summed E-state index contributed by atoms with van der Waals surface area (Å²) in [4.78, 5) is 17.7. The lowest BCUT2D eigenvalue weighted by Crippen LogP contribution is -2.28. The van der Waals surface area contributed by atoms with E-state index >= 15 is 0 Å². The average molecular weight is 373 g/mol. The minimum absolute atomic E-state index is 0.174. The standard InChI is InChI=1S/C18H17BrN2O2/c1-11-6-7-12(2)15(8-11)20-18(22)17-10-16(21-23-17)13-4-3-5-14(19)9-13/h3-9,17H,10H2,1-2H3,(H,20,22). The van der Waals surface area contributed by atoms with E-state index in [1.54, 1.807) is 0 Å². The Morgan fingerprint density at radius 2 is 2.09 bits per heavy atom. The van der Waals surface area contributed by atoms with Gasteiger partial charge in [0.2, 0.25) is 6.10 Å². The molecule has 0 aliphatic carbocycles. The average Bonchev–Trinajstić information content (AvgIpc) is 3.01. The maximum Gasteiger partial charge on any atom is 0.268 e. The Morgan fingerprint density at radius 3 is 2.87 bits per heavy atom. The molecular weight excluding hydrogens is 356 g/mol. The van der Waals surface area contributed by atoms with Gasteiger partial charge >= 0.3 is 0 Å². The predicted octanol–water partition coefficient (Wildman–Crippen LogP) is 4.20. The second kappa shape index (κ2) is 6.54. The minimum Gasteiger partial charge on any atom is -0.382 e.